The first-order valence-electron chi connectivity index (χ1n) is 7.32. The Balaban J connectivity index is 1.50. The standard InChI is InChI=1S/C14H20N4O/c1-2-18-13(9(15)6-16-18)14(19)17-12-10-7-3-4-8(5-7)11(10)12/h6-8,10-12H,2-5,15H2,1H3,(H,17,19). The van der Waals surface area contributed by atoms with Crippen molar-refractivity contribution in [1.29, 1.82) is 0 Å². The molecule has 0 spiro atoms. The van der Waals surface area contributed by atoms with Crippen LogP contribution in [0.3, 0.4) is 0 Å². The van der Waals surface area contributed by atoms with Crippen LogP contribution in [0.4, 0.5) is 5.69 Å². The molecule has 3 saturated carbocycles. The van der Waals surface area contributed by atoms with Gasteiger partial charge in [0.05, 0.1) is 11.9 Å². The van der Waals surface area contributed by atoms with Crippen LogP contribution in [0.2, 0.25) is 0 Å². The van der Waals surface area contributed by atoms with Gasteiger partial charge in [-0.3, -0.25) is 9.48 Å². The van der Waals surface area contributed by atoms with Gasteiger partial charge < -0.3 is 11.1 Å². The number of nitrogens with zero attached hydrogens (tertiary/aromatic N) is 2. The van der Waals surface area contributed by atoms with Crippen molar-refractivity contribution < 1.29 is 4.79 Å². The molecule has 3 fully saturated rings. The summed E-state index contributed by atoms with van der Waals surface area (Å²) in [5.74, 6) is 3.20. The third-order valence-electron chi connectivity index (χ3n) is 5.42. The first-order chi connectivity index (χ1) is 9.20. The van der Waals surface area contributed by atoms with Crippen molar-refractivity contribution in [3.05, 3.63) is 11.9 Å². The Hall–Kier alpha value is -1.52. The van der Waals surface area contributed by atoms with Crippen molar-refractivity contribution in [2.75, 3.05) is 5.73 Å². The van der Waals surface area contributed by atoms with E-state index in [1.807, 2.05) is 6.92 Å². The zero-order valence-corrected chi connectivity index (χ0v) is 11.2. The molecule has 0 saturated heterocycles. The number of hydrogen-bond acceptors (Lipinski definition) is 3. The van der Waals surface area contributed by atoms with Crippen LogP contribution in [0.5, 0.6) is 0 Å². The van der Waals surface area contributed by atoms with E-state index in [9.17, 15) is 4.79 Å². The molecule has 0 radical (unpaired) electrons. The highest BCUT2D eigenvalue weighted by atomic mass is 16.2. The number of rotatable bonds is 3. The predicted octanol–water partition coefficient (Wildman–Crippen LogP) is 1.26. The lowest BCUT2D eigenvalue weighted by atomic mass is 10.0. The van der Waals surface area contributed by atoms with Gasteiger partial charge in [0, 0.05) is 12.6 Å². The molecule has 2 bridgehead atoms. The van der Waals surface area contributed by atoms with E-state index in [4.69, 9.17) is 5.73 Å². The summed E-state index contributed by atoms with van der Waals surface area (Å²) in [5.41, 5.74) is 6.86. The van der Waals surface area contributed by atoms with Crippen LogP contribution in [0.15, 0.2) is 6.20 Å². The van der Waals surface area contributed by atoms with Crippen molar-refractivity contribution >= 4 is 11.6 Å². The summed E-state index contributed by atoms with van der Waals surface area (Å²) in [7, 11) is 0. The summed E-state index contributed by atoms with van der Waals surface area (Å²) >= 11 is 0. The predicted molar refractivity (Wildman–Crippen MR) is 71.4 cm³/mol. The Kier molecular flexibility index (Phi) is 2.23. The average Bonchev–Trinajstić information content (AvgIpc) is 2.79. The lowest BCUT2D eigenvalue weighted by Crippen LogP contribution is -2.32. The number of anilines is 1. The second-order valence-corrected chi connectivity index (χ2v) is 6.25. The molecule has 0 aliphatic heterocycles. The molecule has 3 aliphatic rings. The topological polar surface area (TPSA) is 72.9 Å². The van der Waals surface area contributed by atoms with E-state index >= 15 is 0 Å². The Bertz CT molecular complexity index is 522. The fourth-order valence-electron chi connectivity index (χ4n) is 4.63. The van der Waals surface area contributed by atoms with Crippen molar-refractivity contribution in [3.63, 3.8) is 0 Å². The van der Waals surface area contributed by atoms with E-state index < -0.39 is 0 Å². The number of nitrogens with two attached hydrogens (primary N) is 1. The summed E-state index contributed by atoms with van der Waals surface area (Å²) in [6.07, 6.45) is 5.70. The lowest BCUT2D eigenvalue weighted by Gasteiger charge is -2.11. The second kappa shape index (κ2) is 3.74. The molecule has 0 aromatic carbocycles. The smallest absolute Gasteiger partial charge is 0.271 e. The van der Waals surface area contributed by atoms with Crippen molar-refractivity contribution in [1.82, 2.24) is 15.1 Å². The molecule has 3 N–H and O–H groups in total. The van der Waals surface area contributed by atoms with Gasteiger partial charge in [0.2, 0.25) is 0 Å². The average molecular weight is 260 g/mol. The fraction of sp³-hybridized carbons (Fsp3) is 0.714. The number of aromatic nitrogens is 2. The largest absolute Gasteiger partial charge is 0.396 e. The molecule has 4 rings (SSSR count). The van der Waals surface area contributed by atoms with Crippen molar-refractivity contribution in [2.45, 2.75) is 38.8 Å². The number of aryl methyl sites for hydroxylation is 1. The zero-order valence-electron chi connectivity index (χ0n) is 11.2. The maximum absolute atomic E-state index is 12.4. The second-order valence-electron chi connectivity index (χ2n) is 6.25. The van der Waals surface area contributed by atoms with Gasteiger partial charge >= 0.3 is 0 Å². The third-order valence-corrected chi connectivity index (χ3v) is 5.42. The molecule has 1 heterocycles. The molecule has 4 unspecified atom stereocenters. The highest BCUT2D eigenvalue weighted by Gasteiger charge is 2.65. The van der Waals surface area contributed by atoms with E-state index in [1.54, 1.807) is 10.9 Å². The maximum Gasteiger partial charge on any atom is 0.271 e. The van der Waals surface area contributed by atoms with E-state index in [2.05, 4.69) is 10.4 Å². The minimum absolute atomic E-state index is 0.0457. The molecule has 1 aromatic rings. The van der Waals surface area contributed by atoms with E-state index in [-0.39, 0.29) is 5.91 Å². The number of amides is 1. The van der Waals surface area contributed by atoms with Gasteiger partial charge in [-0.15, -0.1) is 0 Å². The zero-order chi connectivity index (χ0) is 13.1. The number of nitrogen functional groups attached to an aromatic ring is 1. The summed E-state index contributed by atoms with van der Waals surface area (Å²) < 4.78 is 1.68. The first kappa shape index (κ1) is 11.3. The molecule has 4 atom stereocenters. The SMILES string of the molecule is CCn1ncc(N)c1C(=O)NC1C2C3CCC(C3)C12. The van der Waals surface area contributed by atoms with E-state index in [0.29, 0.717) is 24.0 Å². The van der Waals surface area contributed by atoms with Crippen LogP contribution in [0, 0.1) is 23.7 Å². The quantitative estimate of drug-likeness (QED) is 0.859. The molecule has 3 aliphatic carbocycles. The molecule has 1 amide bonds. The summed E-state index contributed by atoms with van der Waals surface area (Å²) in [5, 5.41) is 7.32. The first-order valence-corrected chi connectivity index (χ1v) is 7.32. The molecule has 102 valence electrons. The fourth-order valence-corrected chi connectivity index (χ4v) is 4.63. The van der Waals surface area contributed by atoms with Crippen LogP contribution in [0.1, 0.15) is 36.7 Å². The van der Waals surface area contributed by atoms with E-state index in [1.165, 1.54) is 19.3 Å². The van der Waals surface area contributed by atoms with Gasteiger partial charge in [-0.2, -0.15) is 5.10 Å². The highest BCUT2D eigenvalue weighted by Crippen LogP contribution is 2.65. The summed E-state index contributed by atoms with van der Waals surface area (Å²) in [6, 6.07) is 0.401. The number of carbonyl (C=O) groups excluding carboxylic acids is 1. The molecule has 1 aromatic heterocycles. The van der Waals surface area contributed by atoms with Gasteiger partial charge in [0.15, 0.2) is 0 Å². The van der Waals surface area contributed by atoms with Gasteiger partial charge in [0.25, 0.3) is 5.91 Å². The van der Waals surface area contributed by atoms with Crippen molar-refractivity contribution in [2.24, 2.45) is 23.7 Å². The Labute approximate surface area is 112 Å². The molecular weight excluding hydrogens is 240 g/mol. The van der Waals surface area contributed by atoms with Crippen LogP contribution in [-0.2, 0) is 6.54 Å². The number of nitrogens with one attached hydrogen (secondary N) is 1. The van der Waals surface area contributed by atoms with Gasteiger partial charge in [0.1, 0.15) is 5.69 Å². The van der Waals surface area contributed by atoms with Gasteiger partial charge in [-0.05, 0) is 49.9 Å². The molecule has 19 heavy (non-hydrogen) atoms. The van der Waals surface area contributed by atoms with Crippen LogP contribution < -0.4 is 11.1 Å². The monoisotopic (exact) mass is 260 g/mol. The number of fused-ring (bicyclic) bond motifs is 5. The Morgan fingerprint density at radius 2 is 2.16 bits per heavy atom. The molecule has 5 heteroatoms. The number of carbonyl (C=O) groups is 1. The Morgan fingerprint density at radius 3 is 2.79 bits per heavy atom. The van der Waals surface area contributed by atoms with Crippen LogP contribution in [-0.4, -0.2) is 21.7 Å². The molecular formula is C14H20N4O. The van der Waals surface area contributed by atoms with Crippen LogP contribution in [0.25, 0.3) is 0 Å². The molecule has 5 nitrogen and oxygen atoms in total. The lowest BCUT2D eigenvalue weighted by molar-refractivity contribution is 0.0934. The van der Waals surface area contributed by atoms with E-state index in [0.717, 1.165) is 23.7 Å². The minimum Gasteiger partial charge on any atom is -0.396 e. The highest BCUT2D eigenvalue weighted by molar-refractivity contribution is 5.97. The van der Waals surface area contributed by atoms with Crippen LogP contribution >= 0.6 is 0 Å². The number of hydrogen-bond donors (Lipinski definition) is 2. The van der Waals surface area contributed by atoms with Gasteiger partial charge in [-0.1, -0.05) is 0 Å². The summed E-state index contributed by atoms with van der Waals surface area (Å²) in [4.78, 5) is 12.4. The van der Waals surface area contributed by atoms with Crippen molar-refractivity contribution in [3.8, 4) is 0 Å². The maximum atomic E-state index is 12.4. The third kappa shape index (κ3) is 1.47. The normalized spacial score (nSPS) is 38.3. The van der Waals surface area contributed by atoms with Gasteiger partial charge in [-0.25, -0.2) is 0 Å². The minimum atomic E-state index is -0.0457. The Morgan fingerprint density at radius 1 is 1.47 bits per heavy atom. The summed E-state index contributed by atoms with van der Waals surface area (Å²) in [6.45, 7) is 2.64.